The van der Waals surface area contributed by atoms with Gasteiger partial charge in [-0.25, -0.2) is 0 Å². The van der Waals surface area contributed by atoms with Crippen molar-refractivity contribution in [3.63, 3.8) is 0 Å². The molecule has 56 valence electrons. The zero-order valence-electron chi connectivity index (χ0n) is 5.89. The average molecular weight is 159 g/mol. The van der Waals surface area contributed by atoms with Crippen LogP contribution in [-0.4, -0.2) is 17.9 Å². The quantitative estimate of drug-likeness (QED) is 0.642. The number of aromatic amines is 1. The van der Waals surface area contributed by atoms with E-state index >= 15 is 0 Å². The molecule has 0 saturated carbocycles. The van der Waals surface area contributed by atoms with Crippen LogP contribution < -0.4 is 5.32 Å². The molecule has 0 amide bonds. The third-order valence-corrected chi connectivity index (χ3v) is 1.81. The van der Waals surface area contributed by atoms with E-state index in [1.165, 1.54) is 0 Å². The fourth-order valence-corrected chi connectivity index (χ4v) is 1.20. The lowest BCUT2D eigenvalue weighted by atomic mass is 10.2. The highest BCUT2D eigenvalue weighted by Gasteiger charge is 2.05. The van der Waals surface area contributed by atoms with Crippen molar-refractivity contribution < 1.29 is 0 Å². The smallest absolute Gasteiger partial charge is 0.0607 e. The van der Waals surface area contributed by atoms with Gasteiger partial charge >= 0.3 is 0 Å². The maximum atomic E-state index is 5.68. The highest BCUT2D eigenvalue weighted by molar-refractivity contribution is 6.18. The van der Waals surface area contributed by atoms with Gasteiger partial charge in [0, 0.05) is 17.8 Å². The van der Waals surface area contributed by atoms with Crippen LogP contribution in [0, 0.1) is 0 Å². The molecule has 1 aromatic rings. The van der Waals surface area contributed by atoms with Crippen molar-refractivity contribution in [3.05, 3.63) is 24.0 Å². The van der Waals surface area contributed by atoms with Crippen LogP contribution in [0.1, 0.15) is 11.7 Å². The molecule has 0 aliphatic carbocycles. The molecule has 0 aliphatic heterocycles. The van der Waals surface area contributed by atoms with Crippen molar-refractivity contribution in [1.82, 2.24) is 10.3 Å². The second-order valence-corrected chi connectivity index (χ2v) is 2.43. The molecule has 0 fully saturated rings. The third kappa shape index (κ3) is 1.52. The van der Waals surface area contributed by atoms with E-state index in [1.54, 1.807) is 0 Å². The topological polar surface area (TPSA) is 27.8 Å². The van der Waals surface area contributed by atoms with Crippen molar-refractivity contribution >= 4 is 11.6 Å². The summed E-state index contributed by atoms with van der Waals surface area (Å²) in [5.74, 6) is 0.594. The largest absolute Gasteiger partial charge is 0.364 e. The van der Waals surface area contributed by atoms with Crippen LogP contribution >= 0.6 is 11.6 Å². The van der Waals surface area contributed by atoms with Crippen molar-refractivity contribution in [2.75, 3.05) is 12.9 Å². The number of H-pyrrole nitrogens is 1. The first-order chi connectivity index (χ1) is 4.88. The van der Waals surface area contributed by atoms with Gasteiger partial charge < -0.3 is 10.3 Å². The van der Waals surface area contributed by atoms with Crippen LogP contribution in [0.2, 0.25) is 0 Å². The van der Waals surface area contributed by atoms with Gasteiger partial charge in [-0.3, -0.25) is 0 Å². The second kappa shape index (κ2) is 3.64. The predicted octanol–water partition coefficient (Wildman–Crippen LogP) is 1.51. The van der Waals surface area contributed by atoms with E-state index in [-0.39, 0.29) is 6.04 Å². The van der Waals surface area contributed by atoms with Crippen molar-refractivity contribution in [1.29, 1.82) is 0 Å². The van der Waals surface area contributed by atoms with Gasteiger partial charge in [-0.2, -0.15) is 0 Å². The lowest BCUT2D eigenvalue weighted by Crippen LogP contribution is -2.17. The minimum absolute atomic E-state index is 0.247. The number of aromatic nitrogens is 1. The molecule has 10 heavy (non-hydrogen) atoms. The molecule has 0 bridgehead atoms. The monoisotopic (exact) mass is 158 g/mol. The first-order valence-electron chi connectivity index (χ1n) is 3.25. The van der Waals surface area contributed by atoms with E-state index in [4.69, 9.17) is 11.6 Å². The van der Waals surface area contributed by atoms with Crippen molar-refractivity contribution in [2.24, 2.45) is 0 Å². The second-order valence-electron chi connectivity index (χ2n) is 2.12. The van der Waals surface area contributed by atoms with E-state index in [0.29, 0.717) is 5.88 Å². The zero-order valence-corrected chi connectivity index (χ0v) is 6.65. The number of rotatable bonds is 3. The normalized spacial score (nSPS) is 13.4. The molecule has 0 radical (unpaired) electrons. The lowest BCUT2D eigenvalue weighted by molar-refractivity contribution is 0.643. The van der Waals surface area contributed by atoms with Crippen LogP contribution in [0.15, 0.2) is 18.3 Å². The number of halogens is 1. The molecule has 1 atom stereocenters. The van der Waals surface area contributed by atoms with Gasteiger partial charge in [-0.1, -0.05) is 0 Å². The Hall–Kier alpha value is -0.470. The minimum Gasteiger partial charge on any atom is -0.364 e. The van der Waals surface area contributed by atoms with Gasteiger partial charge in [0.25, 0.3) is 0 Å². The van der Waals surface area contributed by atoms with E-state index in [9.17, 15) is 0 Å². The molecule has 0 aliphatic rings. The Kier molecular flexibility index (Phi) is 2.78. The zero-order chi connectivity index (χ0) is 7.40. The molecular weight excluding hydrogens is 148 g/mol. The summed E-state index contributed by atoms with van der Waals surface area (Å²) in [6, 6.07) is 4.23. The Morgan fingerprint density at radius 3 is 3.00 bits per heavy atom. The van der Waals surface area contributed by atoms with Crippen LogP contribution in [0.4, 0.5) is 0 Å². The molecule has 1 rings (SSSR count). The number of alkyl halides is 1. The Bertz CT molecular complexity index is 168. The summed E-state index contributed by atoms with van der Waals surface area (Å²) in [5.41, 5.74) is 1.14. The van der Waals surface area contributed by atoms with Crippen molar-refractivity contribution in [3.8, 4) is 0 Å². The Morgan fingerprint density at radius 1 is 1.80 bits per heavy atom. The maximum absolute atomic E-state index is 5.68. The molecule has 1 aromatic heterocycles. The molecule has 0 spiro atoms. The molecule has 0 saturated heterocycles. The highest BCUT2D eigenvalue weighted by Crippen LogP contribution is 2.10. The van der Waals surface area contributed by atoms with Gasteiger partial charge in [0.05, 0.1) is 6.04 Å². The molecule has 1 heterocycles. The van der Waals surface area contributed by atoms with E-state index in [1.807, 2.05) is 25.4 Å². The molecule has 2 N–H and O–H groups in total. The van der Waals surface area contributed by atoms with E-state index < -0.39 is 0 Å². The Labute approximate surface area is 65.6 Å². The lowest BCUT2D eigenvalue weighted by Gasteiger charge is -2.09. The van der Waals surface area contributed by atoms with Crippen molar-refractivity contribution in [2.45, 2.75) is 6.04 Å². The standard InChI is InChI=1S/C7H11ClN2/c1-9-7(5-8)6-3-2-4-10-6/h2-4,7,9-10H,5H2,1H3. The molecular formula is C7H11ClN2. The average Bonchev–Trinajstić information content (AvgIpc) is 2.43. The number of nitrogens with one attached hydrogen (secondary N) is 2. The van der Waals surface area contributed by atoms with E-state index in [2.05, 4.69) is 10.3 Å². The number of hydrogen-bond donors (Lipinski definition) is 2. The SMILES string of the molecule is CNC(CCl)c1ccc[nH]1. The van der Waals surface area contributed by atoms with E-state index in [0.717, 1.165) is 5.69 Å². The summed E-state index contributed by atoms with van der Waals surface area (Å²) in [5, 5.41) is 3.09. The Morgan fingerprint density at radius 2 is 2.60 bits per heavy atom. The first kappa shape index (κ1) is 7.63. The fraction of sp³-hybridized carbons (Fsp3) is 0.429. The molecule has 1 unspecified atom stereocenters. The predicted molar refractivity (Wildman–Crippen MR) is 43.3 cm³/mol. The van der Waals surface area contributed by atoms with Gasteiger partial charge in [0.15, 0.2) is 0 Å². The van der Waals surface area contributed by atoms with Gasteiger partial charge in [0.1, 0.15) is 0 Å². The number of hydrogen-bond acceptors (Lipinski definition) is 1. The molecule has 2 nitrogen and oxygen atoms in total. The van der Waals surface area contributed by atoms with Crippen LogP contribution in [0.5, 0.6) is 0 Å². The summed E-state index contributed by atoms with van der Waals surface area (Å²) >= 11 is 5.68. The third-order valence-electron chi connectivity index (χ3n) is 1.50. The minimum atomic E-state index is 0.247. The van der Waals surface area contributed by atoms with Crippen LogP contribution in [-0.2, 0) is 0 Å². The maximum Gasteiger partial charge on any atom is 0.0607 e. The summed E-state index contributed by atoms with van der Waals surface area (Å²) in [6.07, 6.45) is 1.90. The van der Waals surface area contributed by atoms with Crippen LogP contribution in [0.25, 0.3) is 0 Å². The first-order valence-corrected chi connectivity index (χ1v) is 3.78. The summed E-state index contributed by atoms with van der Waals surface area (Å²) in [4.78, 5) is 3.09. The Balaban J connectivity index is 2.64. The van der Waals surface area contributed by atoms with Crippen LogP contribution in [0.3, 0.4) is 0 Å². The van der Waals surface area contributed by atoms with Gasteiger partial charge in [-0.15, -0.1) is 11.6 Å². The molecule has 3 heteroatoms. The molecule has 0 aromatic carbocycles. The summed E-state index contributed by atoms with van der Waals surface area (Å²) < 4.78 is 0. The van der Waals surface area contributed by atoms with Gasteiger partial charge in [0.2, 0.25) is 0 Å². The highest BCUT2D eigenvalue weighted by atomic mass is 35.5. The summed E-state index contributed by atoms with van der Waals surface area (Å²) in [6.45, 7) is 0. The summed E-state index contributed by atoms with van der Waals surface area (Å²) in [7, 11) is 1.90. The van der Waals surface area contributed by atoms with Gasteiger partial charge in [-0.05, 0) is 19.2 Å². The fourth-order valence-electron chi connectivity index (χ4n) is 0.877.